The minimum Gasteiger partial charge on any atom is -0.395 e. The van der Waals surface area contributed by atoms with E-state index in [1.165, 1.54) is 0 Å². The van der Waals surface area contributed by atoms with Gasteiger partial charge in [-0.15, -0.1) is 0 Å². The number of hydrogen-bond acceptors (Lipinski definition) is 3. The third kappa shape index (κ3) is 1.44. The maximum Gasteiger partial charge on any atom is 0.338 e. The topological polar surface area (TPSA) is 84.9 Å². The van der Waals surface area contributed by atoms with Crippen molar-refractivity contribution in [3.8, 4) is 0 Å². The normalized spacial score (nSPS) is 14.3. The summed E-state index contributed by atoms with van der Waals surface area (Å²) in [6.45, 7) is 0. The molecule has 5 nitrogen and oxygen atoms in total. The van der Waals surface area contributed by atoms with Gasteiger partial charge in [0.1, 0.15) is 11.2 Å². The van der Waals surface area contributed by atoms with Crippen molar-refractivity contribution in [2.24, 2.45) is 9.98 Å². The number of carbonyl (C=O) groups excluding carboxylic acids is 2. The summed E-state index contributed by atoms with van der Waals surface area (Å²) in [5, 5.41) is 0.0803. The van der Waals surface area contributed by atoms with Crippen LogP contribution in [0.3, 0.4) is 0 Å². The van der Waals surface area contributed by atoms with Crippen LogP contribution >= 0.6 is 15.9 Å². The molecule has 1 aromatic rings. The average molecular weight is 272 g/mol. The maximum atomic E-state index is 13.1. The van der Waals surface area contributed by atoms with E-state index >= 15 is 0 Å². The van der Waals surface area contributed by atoms with Crippen molar-refractivity contribution in [1.29, 1.82) is 0 Å². The van der Waals surface area contributed by atoms with Gasteiger partial charge in [0.05, 0.1) is 15.5 Å². The van der Waals surface area contributed by atoms with Gasteiger partial charge < -0.3 is 5.73 Å². The van der Waals surface area contributed by atoms with Crippen LogP contribution in [0.15, 0.2) is 20.5 Å². The molecular weight excluding hydrogens is 269 g/mol. The molecule has 0 unspecified atom stereocenters. The fourth-order valence-corrected chi connectivity index (χ4v) is 1.59. The van der Waals surface area contributed by atoms with Gasteiger partial charge in [0.15, 0.2) is 0 Å². The fourth-order valence-electron chi connectivity index (χ4n) is 1.11. The lowest BCUT2D eigenvalue weighted by Gasteiger charge is -2.03. The molecule has 15 heavy (non-hydrogen) atoms. The first kappa shape index (κ1) is 9.91. The van der Waals surface area contributed by atoms with Crippen molar-refractivity contribution in [1.82, 2.24) is 0 Å². The average Bonchev–Trinajstić information content (AvgIpc) is 2.19. The van der Waals surface area contributed by atoms with Gasteiger partial charge in [-0.2, -0.15) is 0 Å². The Balaban J connectivity index is 2.97. The van der Waals surface area contributed by atoms with Crippen LogP contribution in [0.2, 0.25) is 0 Å². The number of fused-ring (bicyclic) bond motifs is 1. The third-order valence-corrected chi connectivity index (χ3v) is 2.63. The molecule has 0 fully saturated rings. The van der Waals surface area contributed by atoms with E-state index in [1.54, 1.807) is 0 Å². The Morgan fingerprint density at radius 3 is 2.53 bits per heavy atom. The number of nitrogen functional groups attached to an aromatic ring is 1. The highest BCUT2D eigenvalue weighted by molar-refractivity contribution is 9.10. The Labute approximate surface area is 90.6 Å². The van der Waals surface area contributed by atoms with Gasteiger partial charge in [0.2, 0.25) is 0 Å². The minimum atomic E-state index is -1.02. The number of carbonyl (C=O) groups is 2. The van der Waals surface area contributed by atoms with Crippen LogP contribution in [0.5, 0.6) is 0 Å². The predicted octanol–water partition coefficient (Wildman–Crippen LogP) is -0.524. The molecule has 7 heteroatoms. The standard InChI is InChI=1S/C8H3BrFN3O2/c9-4-5(11)2(10)1-3-6(4)13-8(15)7(14)12-3/h1H,11H2. The van der Waals surface area contributed by atoms with E-state index in [0.29, 0.717) is 0 Å². The number of benzene rings is 1. The zero-order valence-corrected chi connectivity index (χ0v) is 8.71. The lowest BCUT2D eigenvalue weighted by Crippen LogP contribution is -2.36. The molecule has 2 rings (SSSR count). The van der Waals surface area contributed by atoms with E-state index in [4.69, 9.17) is 5.73 Å². The lowest BCUT2D eigenvalue weighted by atomic mass is 10.2. The summed E-state index contributed by atoms with van der Waals surface area (Å²) in [5.74, 6) is -2.73. The molecule has 2 N–H and O–H groups in total. The summed E-state index contributed by atoms with van der Waals surface area (Å²) < 4.78 is 13.3. The van der Waals surface area contributed by atoms with E-state index in [2.05, 4.69) is 25.9 Å². The van der Waals surface area contributed by atoms with Crippen LogP contribution < -0.4 is 16.4 Å². The lowest BCUT2D eigenvalue weighted by molar-refractivity contribution is -0.135. The second kappa shape index (κ2) is 3.20. The van der Waals surface area contributed by atoms with Crippen LogP contribution in [0.1, 0.15) is 0 Å². The van der Waals surface area contributed by atoms with E-state index < -0.39 is 17.6 Å². The summed E-state index contributed by atoms with van der Waals surface area (Å²) in [6.07, 6.45) is 0. The quantitative estimate of drug-likeness (QED) is 0.509. The zero-order valence-electron chi connectivity index (χ0n) is 7.12. The van der Waals surface area contributed by atoms with E-state index in [0.717, 1.165) is 6.07 Å². The molecule has 1 aliphatic rings. The molecule has 0 saturated carbocycles. The Morgan fingerprint density at radius 1 is 1.27 bits per heavy atom. The second-order valence-electron chi connectivity index (χ2n) is 2.79. The van der Waals surface area contributed by atoms with Crippen LogP contribution in [0.25, 0.3) is 0 Å². The van der Waals surface area contributed by atoms with Crippen molar-refractivity contribution in [2.75, 3.05) is 5.73 Å². The molecule has 2 amide bonds. The molecule has 1 aromatic carbocycles. The Kier molecular flexibility index (Phi) is 2.11. The first-order valence-corrected chi connectivity index (χ1v) is 4.59. The Morgan fingerprint density at radius 2 is 1.87 bits per heavy atom. The SMILES string of the molecule is Nc1c(F)cc2c(c1Br)=NC(=O)C(=O)N=2. The van der Waals surface area contributed by atoms with Crippen LogP contribution in [-0.2, 0) is 9.59 Å². The van der Waals surface area contributed by atoms with Gasteiger partial charge in [-0.3, -0.25) is 9.59 Å². The van der Waals surface area contributed by atoms with Crippen molar-refractivity contribution in [2.45, 2.75) is 0 Å². The van der Waals surface area contributed by atoms with Gasteiger partial charge in [-0.05, 0) is 15.9 Å². The van der Waals surface area contributed by atoms with Crippen LogP contribution in [-0.4, -0.2) is 11.8 Å². The number of hydrogen-bond donors (Lipinski definition) is 1. The molecule has 0 aliphatic carbocycles. The summed E-state index contributed by atoms with van der Waals surface area (Å²) >= 11 is 2.98. The zero-order chi connectivity index (χ0) is 11.2. The molecular formula is C8H3BrFN3O2. The highest BCUT2D eigenvalue weighted by atomic mass is 79.9. The van der Waals surface area contributed by atoms with Crippen LogP contribution in [0, 0.1) is 5.82 Å². The largest absolute Gasteiger partial charge is 0.395 e. The van der Waals surface area contributed by atoms with Crippen molar-refractivity contribution >= 4 is 33.4 Å². The van der Waals surface area contributed by atoms with E-state index in [1.807, 2.05) is 0 Å². The molecule has 0 radical (unpaired) electrons. The van der Waals surface area contributed by atoms with E-state index in [-0.39, 0.29) is 20.9 Å². The fraction of sp³-hybridized carbons (Fsp3) is 0. The minimum absolute atomic E-state index is 0.00169. The number of nitrogens with zero attached hydrogens (tertiary/aromatic N) is 2. The van der Waals surface area contributed by atoms with Gasteiger partial charge in [0, 0.05) is 6.07 Å². The highest BCUT2D eigenvalue weighted by Crippen LogP contribution is 2.16. The summed E-state index contributed by atoms with van der Waals surface area (Å²) in [7, 11) is 0. The molecule has 0 atom stereocenters. The highest BCUT2D eigenvalue weighted by Gasteiger charge is 2.18. The molecule has 0 bridgehead atoms. The number of nitrogens with two attached hydrogens (primary N) is 1. The summed E-state index contributed by atoms with van der Waals surface area (Å²) in [4.78, 5) is 28.7. The molecule has 76 valence electrons. The molecule has 0 saturated heterocycles. The van der Waals surface area contributed by atoms with Gasteiger partial charge in [-0.1, -0.05) is 0 Å². The monoisotopic (exact) mass is 271 g/mol. The molecule has 1 aliphatic heterocycles. The maximum absolute atomic E-state index is 13.1. The number of halogens is 2. The van der Waals surface area contributed by atoms with Crippen molar-refractivity contribution in [3.05, 3.63) is 27.1 Å². The number of amides is 2. The van der Waals surface area contributed by atoms with Gasteiger partial charge in [-0.25, -0.2) is 14.4 Å². The van der Waals surface area contributed by atoms with Gasteiger partial charge in [0.25, 0.3) is 0 Å². The Hall–Kier alpha value is -1.63. The summed E-state index contributed by atoms with van der Waals surface area (Å²) in [5.41, 5.74) is 5.19. The molecule has 0 spiro atoms. The van der Waals surface area contributed by atoms with Crippen LogP contribution in [0.4, 0.5) is 10.1 Å². The Bertz CT molecular complexity index is 611. The molecule has 1 heterocycles. The van der Waals surface area contributed by atoms with Crippen molar-refractivity contribution in [3.63, 3.8) is 0 Å². The van der Waals surface area contributed by atoms with Crippen molar-refractivity contribution < 1.29 is 14.0 Å². The first-order valence-electron chi connectivity index (χ1n) is 3.80. The number of anilines is 1. The smallest absolute Gasteiger partial charge is 0.338 e. The first-order chi connectivity index (χ1) is 7.00. The summed E-state index contributed by atoms with van der Waals surface area (Å²) in [6, 6.07) is 0.962. The number of rotatable bonds is 0. The predicted molar refractivity (Wildman–Crippen MR) is 50.8 cm³/mol. The third-order valence-electron chi connectivity index (χ3n) is 1.83. The molecule has 0 aromatic heterocycles. The van der Waals surface area contributed by atoms with Gasteiger partial charge >= 0.3 is 11.8 Å². The van der Waals surface area contributed by atoms with E-state index in [9.17, 15) is 14.0 Å². The second-order valence-corrected chi connectivity index (χ2v) is 3.58.